The van der Waals surface area contributed by atoms with E-state index >= 15 is 0 Å². The van der Waals surface area contributed by atoms with E-state index in [0.717, 1.165) is 6.07 Å². The number of carbonyl (C=O) groups excluding carboxylic acids is 1. The highest BCUT2D eigenvalue weighted by Gasteiger charge is 2.33. The third-order valence-corrected chi connectivity index (χ3v) is 3.55. The largest absolute Gasteiger partial charge is 0.417 e. The number of ketones is 1. The van der Waals surface area contributed by atoms with Gasteiger partial charge < -0.3 is 0 Å². The van der Waals surface area contributed by atoms with E-state index in [9.17, 15) is 18.0 Å². The Balaban J connectivity index is 2.46. The fourth-order valence-electron chi connectivity index (χ4n) is 1.68. The van der Waals surface area contributed by atoms with Crippen LogP contribution in [0, 0.1) is 0 Å². The van der Waals surface area contributed by atoms with Crippen molar-refractivity contribution in [2.75, 3.05) is 0 Å². The van der Waals surface area contributed by atoms with Gasteiger partial charge in [0.25, 0.3) is 0 Å². The Morgan fingerprint density at radius 1 is 1.05 bits per heavy atom. The molecule has 0 N–H and O–H groups in total. The number of benzene rings is 2. The maximum atomic E-state index is 12.8. The maximum absolute atomic E-state index is 12.8. The fraction of sp³-hybridized carbons (Fsp3) is 0.0714. The minimum atomic E-state index is -4.52. The van der Waals surface area contributed by atoms with Crippen LogP contribution in [-0.4, -0.2) is 5.78 Å². The maximum Gasteiger partial charge on any atom is 0.417 e. The average Bonchev–Trinajstić information content (AvgIpc) is 2.37. The standard InChI is InChI=1S/C14H7BrClF3O/c15-12-5-4-9(7-11(12)14(17,18)19)13(20)8-2-1-3-10(16)6-8/h1-7H. The van der Waals surface area contributed by atoms with E-state index in [0.29, 0.717) is 5.02 Å². The van der Waals surface area contributed by atoms with Gasteiger partial charge >= 0.3 is 6.18 Å². The van der Waals surface area contributed by atoms with Gasteiger partial charge in [-0.1, -0.05) is 39.7 Å². The Hall–Kier alpha value is -1.33. The first-order valence-electron chi connectivity index (χ1n) is 5.46. The van der Waals surface area contributed by atoms with Crippen LogP contribution in [0.15, 0.2) is 46.9 Å². The van der Waals surface area contributed by atoms with Crippen LogP contribution < -0.4 is 0 Å². The second-order valence-electron chi connectivity index (χ2n) is 4.03. The van der Waals surface area contributed by atoms with E-state index in [1.807, 2.05) is 0 Å². The molecule has 2 rings (SSSR count). The summed E-state index contributed by atoms with van der Waals surface area (Å²) in [6.07, 6.45) is -4.52. The first kappa shape index (κ1) is 15.1. The molecule has 1 nitrogen and oxygen atoms in total. The van der Waals surface area contributed by atoms with Gasteiger partial charge in [0.1, 0.15) is 0 Å². The topological polar surface area (TPSA) is 17.1 Å². The van der Waals surface area contributed by atoms with Gasteiger partial charge in [-0.3, -0.25) is 4.79 Å². The predicted molar refractivity (Wildman–Crippen MR) is 74.0 cm³/mol. The van der Waals surface area contributed by atoms with E-state index < -0.39 is 17.5 Å². The molecule has 0 bridgehead atoms. The highest BCUT2D eigenvalue weighted by atomic mass is 79.9. The van der Waals surface area contributed by atoms with Crippen LogP contribution in [0.25, 0.3) is 0 Å². The molecule has 0 aromatic heterocycles. The SMILES string of the molecule is O=C(c1cccc(Cl)c1)c1ccc(Br)c(C(F)(F)F)c1. The minimum absolute atomic E-state index is 0.0391. The number of hydrogen-bond acceptors (Lipinski definition) is 1. The summed E-state index contributed by atoms with van der Waals surface area (Å²) in [5, 5.41) is 0.351. The lowest BCUT2D eigenvalue weighted by atomic mass is 10.0. The Bertz CT molecular complexity index is 668. The summed E-state index contributed by atoms with van der Waals surface area (Å²) in [6, 6.07) is 9.44. The molecule has 0 spiro atoms. The molecular weight excluding hydrogens is 357 g/mol. The molecule has 20 heavy (non-hydrogen) atoms. The molecule has 104 valence electrons. The fourth-order valence-corrected chi connectivity index (χ4v) is 2.34. The van der Waals surface area contributed by atoms with Crippen molar-refractivity contribution in [3.63, 3.8) is 0 Å². The minimum Gasteiger partial charge on any atom is -0.289 e. The number of alkyl halides is 3. The second-order valence-corrected chi connectivity index (χ2v) is 5.32. The normalized spacial score (nSPS) is 11.4. The molecular formula is C14H7BrClF3O. The number of hydrogen-bond donors (Lipinski definition) is 0. The van der Waals surface area contributed by atoms with Gasteiger partial charge in [-0.05, 0) is 30.3 Å². The van der Waals surface area contributed by atoms with Crippen molar-refractivity contribution in [1.29, 1.82) is 0 Å². The summed E-state index contributed by atoms with van der Waals surface area (Å²) >= 11 is 8.60. The predicted octanol–water partition coefficient (Wildman–Crippen LogP) is 5.35. The molecule has 0 aliphatic rings. The molecule has 0 amide bonds. The van der Waals surface area contributed by atoms with E-state index in [1.54, 1.807) is 12.1 Å². The summed E-state index contributed by atoms with van der Waals surface area (Å²) in [4.78, 5) is 12.1. The Labute approximate surface area is 126 Å². The van der Waals surface area contributed by atoms with E-state index in [-0.39, 0.29) is 15.6 Å². The summed E-state index contributed by atoms with van der Waals surface area (Å²) in [5.41, 5.74) is -0.680. The third kappa shape index (κ3) is 3.22. The lowest BCUT2D eigenvalue weighted by molar-refractivity contribution is -0.138. The Morgan fingerprint density at radius 3 is 2.30 bits per heavy atom. The van der Waals surface area contributed by atoms with Crippen LogP contribution in [0.3, 0.4) is 0 Å². The molecule has 6 heteroatoms. The average molecular weight is 364 g/mol. The Kier molecular flexibility index (Phi) is 4.20. The zero-order valence-corrected chi connectivity index (χ0v) is 12.2. The monoisotopic (exact) mass is 362 g/mol. The third-order valence-electron chi connectivity index (χ3n) is 2.62. The van der Waals surface area contributed by atoms with E-state index in [1.165, 1.54) is 24.3 Å². The summed E-state index contributed by atoms with van der Waals surface area (Å²) in [6.45, 7) is 0. The first-order chi connectivity index (χ1) is 9.29. The molecule has 2 aromatic rings. The number of halogens is 5. The Morgan fingerprint density at radius 2 is 1.70 bits per heavy atom. The molecule has 0 fully saturated rings. The van der Waals surface area contributed by atoms with Crippen molar-refractivity contribution in [2.24, 2.45) is 0 Å². The van der Waals surface area contributed by atoms with Crippen LogP contribution in [0.1, 0.15) is 21.5 Å². The van der Waals surface area contributed by atoms with Crippen LogP contribution in [0.2, 0.25) is 5.02 Å². The van der Waals surface area contributed by atoms with Crippen molar-refractivity contribution in [1.82, 2.24) is 0 Å². The van der Waals surface area contributed by atoms with Crippen LogP contribution in [0.4, 0.5) is 13.2 Å². The van der Waals surface area contributed by atoms with Gasteiger partial charge in [-0.25, -0.2) is 0 Å². The second kappa shape index (κ2) is 5.58. The summed E-state index contributed by atoms with van der Waals surface area (Å²) in [7, 11) is 0. The van der Waals surface area contributed by atoms with Gasteiger partial charge in [-0.15, -0.1) is 0 Å². The number of carbonyl (C=O) groups is 1. The summed E-state index contributed by atoms with van der Waals surface area (Å²) in [5.74, 6) is -0.509. The zero-order valence-electron chi connectivity index (χ0n) is 9.84. The van der Waals surface area contributed by atoms with Crippen molar-refractivity contribution in [3.05, 3.63) is 68.7 Å². The van der Waals surface area contributed by atoms with Gasteiger partial charge in [0.15, 0.2) is 5.78 Å². The van der Waals surface area contributed by atoms with Crippen molar-refractivity contribution in [2.45, 2.75) is 6.18 Å². The molecule has 0 aliphatic carbocycles. The quantitative estimate of drug-likeness (QED) is 0.657. The van der Waals surface area contributed by atoms with Gasteiger partial charge in [0, 0.05) is 20.6 Å². The van der Waals surface area contributed by atoms with Crippen molar-refractivity contribution < 1.29 is 18.0 Å². The van der Waals surface area contributed by atoms with Gasteiger partial charge in [0.05, 0.1) is 5.56 Å². The van der Waals surface area contributed by atoms with E-state index in [2.05, 4.69) is 15.9 Å². The van der Waals surface area contributed by atoms with Crippen molar-refractivity contribution >= 4 is 33.3 Å². The first-order valence-corrected chi connectivity index (χ1v) is 6.63. The number of rotatable bonds is 2. The molecule has 0 heterocycles. The lowest BCUT2D eigenvalue weighted by Crippen LogP contribution is -2.09. The lowest BCUT2D eigenvalue weighted by Gasteiger charge is -2.10. The van der Waals surface area contributed by atoms with Crippen LogP contribution >= 0.6 is 27.5 Å². The van der Waals surface area contributed by atoms with Gasteiger partial charge in [-0.2, -0.15) is 13.2 Å². The van der Waals surface area contributed by atoms with Gasteiger partial charge in [0.2, 0.25) is 0 Å². The van der Waals surface area contributed by atoms with E-state index in [4.69, 9.17) is 11.6 Å². The highest BCUT2D eigenvalue weighted by molar-refractivity contribution is 9.10. The molecule has 0 saturated carbocycles. The molecule has 0 saturated heterocycles. The molecule has 0 aliphatic heterocycles. The smallest absolute Gasteiger partial charge is 0.289 e. The highest BCUT2D eigenvalue weighted by Crippen LogP contribution is 2.35. The van der Waals surface area contributed by atoms with Crippen LogP contribution in [0.5, 0.6) is 0 Å². The molecule has 2 aromatic carbocycles. The molecule has 0 atom stereocenters. The van der Waals surface area contributed by atoms with Crippen LogP contribution in [-0.2, 0) is 6.18 Å². The summed E-state index contributed by atoms with van der Waals surface area (Å²) < 4.78 is 38.3. The molecule has 0 radical (unpaired) electrons. The zero-order chi connectivity index (χ0) is 14.9. The molecule has 0 unspecified atom stereocenters. The van der Waals surface area contributed by atoms with Crippen molar-refractivity contribution in [3.8, 4) is 0 Å².